The van der Waals surface area contributed by atoms with Crippen molar-refractivity contribution < 1.29 is 9.72 Å². The quantitative estimate of drug-likeness (QED) is 0.644. The maximum absolute atomic E-state index is 10.9. The van der Waals surface area contributed by atoms with Gasteiger partial charge in [-0.2, -0.15) is 0 Å². The number of nitro groups is 1. The Bertz CT molecular complexity index is 488. The molecule has 1 aromatic carbocycles. The van der Waals surface area contributed by atoms with E-state index < -0.39 is 16.4 Å². The number of nitro benzene ring substituents is 1. The number of nitrogens with two attached hydrogens (primary N) is 1. The van der Waals surface area contributed by atoms with Gasteiger partial charge in [0, 0.05) is 22.5 Å². The van der Waals surface area contributed by atoms with E-state index in [1.54, 1.807) is 26.0 Å². The first kappa shape index (κ1) is 14.4. The van der Waals surface area contributed by atoms with E-state index in [9.17, 15) is 14.9 Å². The van der Waals surface area contributed by atoms with Crippen LogP contribution in [0.5, 0.6) is 0 Å². The average molecular weight is 316 g/mol. The monoisotopic (exact) mass is 315 g/mol. The van der Waals surface area contributed by atoms with Crippen LogP contribution in [-0.2, 0) is 4.79 Å². The van der Waals surface area contributed by atoms with Gasteiger partial charge in [-0.3, -0.25) is 14.9 Å². The lowest BCUT2D eigenvalue weighted by molar-refractivity contribution is -0.384. The zero-order valence-corrected chi connectivity index (χ0v) is 11.7. The molecule has 0 aliphatic rings. The van der Waals surface area contributed by atoms with Crippen LogP contribution in [0, 0.1) is 10.1 Å². The molecule has 0 aromatic heterocycles. The van der Waals surface area contributed by atoms with E-state index in [2.05, 4.69) is 21.2 Å². The largest absolute Gasteiger partial charge is 0.374 e. The van der Waals surface area contributed by atoms with Crippen LogP contribution in [0.1, 0.15) is 20.3 Å². The third-order valence-electron chi connectivity index (χ3n) is 2.25. The van der Waals surface area contributed by atoms with Crippen LogP contribution in [0.25, 0.3) is 0 Å². The molecule has 0 saturated carbocycles. The Morgan fingerprint density at radius 3 is 2.67 bits per heavy atom. The Labute approximate surface area is 113 Å². The van der Waals surface area contributed by atoms with Gasteiger partial charge in [0.25, 0.3) is 5.69 Å². The Kier molecular flexibility index (Phi) is 4.28. The third-order valence-corrected chi connectivity index (χ3v) is 2.74. The van der Waals surface area contributed by atoms with Crippen LogP contribution < -0.4 is 11.1 Å². The van der Waals surface area contributed by atoms with Crippen LogP contribution in [0.4, 0.5) is 11.4 Å². The molecule has 0 atom stereocenters. The molecule has 0 bridgehead atoms. The number of rotatable bonds is 5. The average Bonchev–Trinajstić information content (AvgIpc) is 2.18. The summed E-state index contributed by atoms with van der Waals surface area (Å²) >= 11 is 3.18. The number of anilines is 1. The fraction of sp³-hybridized carbons (Fsp3) is 0.364. The molecule has 0 fully saturated rings. The Morgan fingerprint density at radius 1 is 1.56 bits per heavy atom. The van der Waals surface area contributed by atoms with Gasteiger partial charge < -0.3 is 11.1 Å². The smallest absolute Gasteiger partial charge is 0.293 e. The molecule has 0 heterocycles. The molecule has 0 unspecified atom stereocenters. The van der Waals surface area contributed by atoms with Crippen LogP contribution in [0.15, 0.2) is 22.7 Å². The molecule has 1 rings (SSSR count). The lowest BCUT2D eigenvalue weighted by atomic mass is 9.99. The number of primary amides is 1. The van der Waals surface area contributed by atoms with Gasteiger partial charge in [-0.1, -0.05) is 15.9 Å². The molecule has 0 radical (unpaired) electrons. The highest BCUT2D eigenvalue weighted by Gasteiger charge is 2.24. The molecule has 0 aliphatic carbocycles. The number of benzene rings is 1. The summed E-state index contributed by atoms with van der Waals surface area (Å²) in [4.78, 5) is 21.4. The zero-order chi connectivity index (χ0) is 13.9. The number of carbonyl (C=O) groups is 1. The summed E-state index contributed by atoms with van der Waals surface area (Å²) in [5, 5.41) is 13.9. The van der Waals surface area contributed by atoms with Crippen molar-refractivity contribution in [1.29, 1.82) is 0 Å². The molecule has 0 spiro atoms. The predicted octanol–water partition coefficient (Wildman–Crippen LogP) is 2.42. The normalized spacial score (nSPS) is 11.1. The number of nitrogens with one attached hydrogen (secondary N) is 1. The van der Waals surface area contributed by atoms with E-state index in [1.165, 1.54) is 6.07 Å². The number of nitrogens with zero attached hydrogens (tertiary/aromatic N) is 1. The molecule has 98 valence electrons. The van der Waals surface area contributed by atoms with Gasteiger partial charge in [-0.05, 0) is 26.0 Å². The summed E-state index contributed by atoms with van der Waals surface area (Å²) in [5.41, 5.74) is 4.79. The maximum atomic E-state index is 10.9. The Hall–Kier alpha value is -1.63. The highest BCUT2D eigenvalue weighted by molar-refractivity contribution is 9.10. The summed E-state index contributed by atoms with van der Waals surface area (Å²) in [6.45, 7) is 3.51. The number of hydrogen-bond acceptors (Lipinski definition) is 4. The predicted molar refractivity (Wildman–Crippen MR) is 72.3 cm³/mol. The summed E-state index contributed by atoms with van der Waals surface area (Å²) in [5.74, 6) is -0.465. The molecule has 18 heavy (non-hydrogen) atoms. The van der Waals surface area contributed by atoms with Gasteiger partial charge in [0.15, 0.2) is 0 Å². The first-order valence-electron chi connectivity index (χ1n) is 5.22. The summed E-state index contributed by atoms with van der Waals surface area (Å²) in [6, 6.07) is 4.68. The van der Waals surface area contributed by atoms with Gasteiger partial charge in [-0.25, -0.2) is 0 Å². The molecular weight excluding hydrogens is 302 g/mol. The first-order chi connectivity index (χ1) is 8.21. The molecule has 6 nitrogen and oxygen atoms in total. The molecule has 1 aromatic rings. The second-order valence-corrected chi connectivity index (χ2v) is 5.49. The van der Waals surface area contributed by atoms with Gasteiger partial charge in [-0.15, -0.1) is 0 Å². The second-order valence-electron chi connectivity index (χ2n) is 4.57. The van der Waals surface area contributed by atoms with Crippen LogP contribution in [0.2, 0.25) is 0 Å². The van der Waals surface area contributed by atoms with E-state index in [0.717, 1.165) is 0 Å². The highest BCUT2D eigenvalue weighted by atomic mass is 79.9. The lowest BCUT2D eigenvalue weighted by Crippen LogP contribution is -2.36. The van der Waals surface area contributed by atoms with Gasteiger partial charge in [0.05, 0.1) is 4.92 Å². The highest BCUT2D eigenvalue weighted by Crippen LogP contribution is 2.30. The van der Waals surface area contributed by atoms with E-state index >= 15 is 0 Å². The standard InChI is InChI=1S/C11H14BrN3O3/c1-11(2,6-10(13)16)14-8-4-3-7(12)5-9(8)15(17)18/h3-5,14H,6H2,1-2H3,(H2,13,16). The van der Waals surface area contributed by atoms with E-state index in [1.807, 2.05) is 0 Å². The molecule has 3 N–H and O–H groups in total. The van der Waals surface area contributed by atoms with Gasteiger partial charge >= 0.3 is 0 Å². The fourth-order valence-electron chi connectivity index (χ4n) is 1.61. The van der Waals surface area contributed by atoms with E-state index in [-0.39, 0.29) is 12.1 Å². The van der Waals surface area contributed by atoms with Crippen molar-refractivity contribution in [3.63, 3.8) is 0 Å². The van der Waals surface area contributed by atoms with Crippen molar-refractivity contribution in [2.45, 2.75) is 25.8 Å². The van der Waals surface area contributed by atoms with Crippen molar-refractivity contribution >= 4 is 33.2 Å². The Balaban J connectivity index is 3.03. The molecule has 1 amide bonds. The minimum absolute atomic E-state index is 0.0538. The molecule has 0 aliphatic heterocycles. The summed E-state index contributed by atoms with van der Waals surface area (Å²) < 4.78 is 0.618. The fourth-order valence-corrected chi connectivity index (χ4v) is 1.95. The number of halogens is 1. The lowest BCUT2D eigenvalue weighted by Gasteiger charge is -2.25. The first-order valence-corrected chi connectivity index (χ1v) is 6.01. The topological polar surface area (TPSA) is 98.3 Å². The maximum Gasteiger partial charge on any atom is 0.293 e. The summed E-state index contributed by atoms with van der Waals surface area (Å²) in [6.07, 6.45) is 0.0835. The van der Waals surface area contributed by atoms with E-state index in [0.29, 0.717) is 10.2 Å². The van der Waals surface area contributed by atoms with Crippen molar-refractivity contribution in [2.24, 2.45) is 5.73 Å². The molecule has 7 heteroatoms. The Morgan fingerprint density at radius 2 is 2.17 bits per heavy atom. The van der Waals surface area contributed by atoms with Crippen LogP contribution >= 0.6 is 15.9 Å². The van der Waals surface area contributed by atoms with Crippen LogP contribution in [0.3, 0.4) is 0 Å². The molecular formula is C11H14BrN3O3. The third kappa shape index (κ3) is 3.99. The zero-order valence-electron chi connectivity index (χ0n) is 10.1. The number of carbonyl (C=O) groups excluding carboxylic acids is 1. The van der Waals surface area contributed by atoms with Crippen molar-refractivity contribution in [3.8, 4) is 0 Å². The van der Waals surface area contributed by atoms with Crippen molar-refractivity contribution in [3.05, 3.63) is 32.8 Å². The van der Waals surface area contributed by atoms with Gasteiger partial charge in [0.2, 0.25) is 5.91 Å². The SMILES string of the molecule is CC(C)(CC(N)=O)Nc1ccc(Br)cc1[N+](=O)[O-]. The number of hydrogen-bond donors (Lipinski definition) is 2. The van der Waals surface area contributed by atoms with Gasteiger partial charge in [0.1, 0.15) is 5.69 Å². The van der Waals surface area contributed by atoms with Crippen molar-refractivity contribution in [1.82, 2.24) is 0 Å². The molecule has 0 saturated heterocycles. The second kappa shape index (κ2) is 5.34. The number of amides is 1. The summed E-state index contributed by atoms with van der Waals surface area (Å²) in [7, 11) is 0. The van der Waals surface area contributed by atoms with E-state index in [4.69, 9.17) is 5.73 Å². The van der Waals surface area contributed by atoms with Crippen LogP contribution in [-0.4, -0.2) is 16.4 Å². The minimum Gasteiger partial charge on any atom is -0.374 e. The minimum atomic E-state index is -0.648. The van der Waals surface area contributed by atoms with Crippen molar-refractivity contribution in [2.75, 3.05) is 5.32 Å².